The number of aromatic nitrogens is 2. The highest BCUT2D eigenvalue weighted by atomic mass is 16.5. The normalized spacial score (nSPS) is 10.8. The van der Waals surface area contributed by atoms with Crippen molar-refractivity contribution in [2.24, 2.45) is 0 Å². The van der Waals surface area contributed by atoms with Gasteiger partial charge in [-0.2, -0.15) is 5.10 Å². The summed E-state index contributed by atoms with van der Waals surface area (Å²) in [5.41, 5.74) is 5.71. The fraction of sp³-hybridized carbons (Fsp3) is 0.0667. The van der Waals surface area contributed by atoms with Gasteiger partial charge in [0.25, 0.3) is 0 Å². The van der Waals surface area contributed by atoms with E-state index in [-0.39, 0.29) is 12.4 Å². The van der Waals surface area contributed by atoms with E-state index in [2.05, 4.69) is 0 Å². The molecule has 0 aliphatic heterocycles. The van der Waals surface area contributed by atoms with Crippen molar-refractivity contribution < 1.29 is 14.6 Å². The number of carbonyl (C=O) groups excluding carboxylic acids is 1. The number of phenolic OH excluding ortho intramolecular Hbond substituents is 1. The van der Waals surface area contributed by atoms with Gasteiger partial charge in [0.1, 0.15) is 17.0 Å². The van der Waals surface area contributed by atoms with E-state index >= 15 is 0 Å². The number of rotatable bonds is 6. The maximum absolute atomic E-state index is 13.5. The van der Waals surface area contributed by atoms with Crippen LogP contribution in [0, 0.1) is 0 Å². The Morgan fingerprint density at radius 3 is 2.11 bits per heavy atom. The lowest BCUT2D eigenvalue weighted by molar-refractivity contribution is 0.0528. The lowest BCUT2D eigenvalue weighted by atomic mass is 9.94. The van der Waals surface area contributed by atoms with Gasteiger partial charge in [-0.25, -0.2) is 9.48 Å². The fourth-order valence-electron chi connectivity index (χ4n) is 4.24. The third-order valence-electron chi connectivity index (χ3n) is 5.75. The minimum Gasteiger partial charge on any atom is -0.508 e. The molecule has 0 unspecified atom stereocenters. The van der Waals surface area contributed by atoms with E-state index in [4.69, 9.17) is 9.84 Å². The summed E-state index contributed by atoms with van der Waals surface area (Å²) in [4.78, 5) is 13.5. The van der Waals surface area contributed by atoms with Crippen LogP contribution in [0.25, 0.3) is 39.3 Å². The zero-order valence-corrected chi connectivity index (χ0v) is 19.3. The average molecular weight is 461 g/mol. The summed E-state index contributed by atoms with van der Waals surface area (Å²) < 4.78 is 7.34. The molecule has 0 spiro atoms. The Labute approximate surface area is 203 Å². The number of esters is 1. The summed E-state index contributed by atoms with van der Waals surface area (Å²) in [6.07, 6.45) is 0. The predicted octanol–water partition coefficient (Wildman–Crippen LogP) is 6.76. The van der Waals surface area contributed by atoms with Gasteiger partial charge in [0.2, 0.25) is 0 Å². The van der Waals surface area contributed by atoms with Gasteiger partial charge >= 0.3 is 5.97 Å². The molecule has 0 aliphatic rings. The molecule has 0 bridgehead atoms. The van der Waals surface area contributed by atoms with E-state index in [0.29, 0.717) is 17.0 Å². The van der Waals surface area contributed by atoms with Crippen LogP contribution in [0.15, 0.2) is 109 Å². The van der Waals surface area contributed by atoms with Gasteiger partial charge < -0.3 is 9.84 Å². The van der Waals surface area contributed by atoms with Crippen molar-refractivity contribution >= 4 is 5.97 Å². The first-order valence-corrected chi connectivity index (χ1v) is 11.5. The monoisotopic (exact) mass is 460 g/mol. The first-order chi connectivity index (χ1) is 17.2. The molecule has 1 heterocycles. The molecule has 5 nitrogen and oxygen atoms in total. The third-order valence-corrected chi connectivity index (χ3v) is 5.75. The molecule has 0 saturated heterocycles. The minimum absolute atomic E-state index is 0.169. The third kappa shape index (κ3) is 4.32. The van der Waals surface area contributed by atoms with Crippen LogP contribution in [0.2, 0.25) is 0 Å². The largest absolute Gasteiger partial charge is 0.508 e. The van der Waals surface area contributed by atoms with E-state index in [9.17, 15) is 9.90 Å². The van der Waals surface area contributed by atoms with Crippen LogP contribution in [0.3, 0.4) is 0 Å². The van der Waals surface area contributed by atoms with Crippen molar-refractivity contribution in [2.45, 2.75) is 6.92 Å². The quantitative estimate of drug-likeness (QED) is 0.285. The standard InChI is InChI=1S/C30H24N2O3/c1-2-35-30(34)27-28(26-19-10-9-18-25(26)22-14-11-17-24(33)20-22)31-32(23-15-7-4-8-16-23)29(27)21-12-5-3-6-13-21/h3-20,33H,2H2,1H3. The molecule has 0 fully saturated rings. The number of benzene rings is 4. The molecule has 0 atom stereocenters. The van der Waals surface area contributed by atoms with Crippen LogP contribution >= 0.6 is 0 Å². The minimum atomic E-state index is -0.436. The Kier molecular flexibility index (Phi) is 6.14. The summed E-state index contributed by atoms with van der Waals surface area (Å²) in [6, 6.07) is 34.3. The number of para-hydroxylation sites is 1. The second-order valence-corrected chi connectivity index (χ2v) is 8.00. The Morgan fingerprint density at radius 2 is 1.43 bits per heavy atom. The lowest BCUT2D eigenvalue weighted by Gasteiger charge is -2.11. The lowest BCUT2D eigenvalue weighted by Crippen LogP contribution is -2.08. The molecule has 5 rings (SSSR count). The SMILES string of the molecule is CCOC(=O)c1c(-c2ccccc2-c2cccc(O)c2)nn(-c2ccccc2)c1-c1ccccc1. The van der Waals surface area contributed by atoms with E-state index in [1.165, 1.54) is 0 Å². The zero-order valence-electron chi connectivity index (χ0n) is 19.3. The molecule has 0 amide bonds. The van der Waals surface area contributed by atoms with Crippen LogP contribution < -0.4 is 0 Å². The molecule has 0 radical (unpaired) electrons. The maximum atomic E-state index is 13.5. The van der Waals surface area contributed by atoms with Gasteiger partial charge in [-0.15, -0.1) is 0 Å². The topological polar surface area (TPSA) is 64.3 Å². The predicted molar refractivity (Wildman–Crippen MR) is 137 cm³/mol. The number of aromatic hydroxyl groups is 1. The first kappa shape index (κ1) is 22.2. The molecular formula is C30H24N2O3. The first-order valence-electron chi connectivity index (χ1n) is 11.5. The number of ether oxygens (including phenoxy) is 1. The highest BCUT2D eigenvalue weighted by Crippen LogP contribution is 2.39. The van der Waals surface area contributed by atoms with E-state index in [0.717, 1.165) is 27.9 Å². The van der Waals surface area contributed by atoms with Crippen molar-refractivity contribution in [1.29, 1.82) is 0 Å². The van der Waals surface area contributed by atoms with E-state index in [1.807, 2.05) is 91.0 Å². The van der Waals surface area contributed by atoms with Crippen molar-refractivity contribution in [3.05, 3.63) is 115 Å². The number of nitrogens with zero attached hydrogens (tertiary/aromatic N) is 2. The smallest absolute Gasteiger partial charge is 0.342 e. The Balaban J connectivity index is 1.85. The van der Waals surface area contributed by atoms with E-state index < -0.39 is 5.97 Å². The molecule has 4 aromatic carbocycles. The number of hydrogen-bond donors (Lipinski definition) is 1. The Bertz CT molecular complexity index is 1470. The van der Waals surface area contributed by atoms with Crippen LogP contribution in [-0.4, -0.2) is 27.5 Å². The van der Waals surface area contributed by atoms with Gasteiger partial charge in [0.05, 0.1) is 18.0 Å². The van der Waals surface area contributed by atoms with Crippen molar-refractivity contribution in [3.63, 3.8) is 0 Å². The van der Waals surface area contributed by atoms with Crippen LogP contribution in [0.1, 0.15) is 17.3 Å². The molecule has 0 aliphatic carbocycles. The second kappa shape index (κ2) is 9.69. The number of phenols is 1. The van der Waals surface area contributed by atoms with Gasteiger partial charge in [-0.05, 0) is 42.3 Å². The van der Waals surface area contributed by atoms with Gasteiger partial charge in [-0.1, -0.05) is 84.9 Å². The Morgan fingerprint density at radius 1 is 0.800 bits per heavy atom. The van der Waals surface area contributed by atoms with Crippen LogP contribution in [-0.2, 0) is 4.74 Å². The summed E-state index contributed by atoms with van der Waals surface area (Å²) in [5, 5.41) is 15.1. The molecule has 1 aromatic heterocycles. The molecule has 35 heavy (non-hydrogen) atoms. The molecule has 0 saturated carbocycles. The highest BCUT2D eigenvalue weighted by molar-refractivity contribution is 6.04. The Hall–Kier alpha value is -4.64. The summed E-state index contributed by atoms with van der Waals surface area (Å²) in [7, 11) is 0. The van der Waals surface area contributed by atoms with Crippen molar-refractivity contribution in [2.75, 3.05) is 6.61 Å². The summed E-state index contributed by atoms with van der Waals surface area (Å²) >= 11 is 0. The average Bonchev–Trinajstić information content (AvgIpc) is 3.31. The van der Waals surface area contributed by atoms with Gasteiger partial charge in [0.15, 0.2) is 0 Å². The molecule has 1 N–H and O–H groups in total. The maximum Gasteiger partial charge on any atom is 0.342 e. The van der Waals surface area contributed by atoms with Crippen LogP contribution in [0.4, 0.5) is 0 Å². The fourth-order valence-corrected chi connectivity index (χ4v) is 4.24. The number of carbonyl (C=O) groups is 1. The second-order valence-electron chi connectivity index (χ2n) is 8.00. The summed E-state index contributed by atoms with van der Waals surface area (Å²) in [5.74, 6) is -0.267. The molecule has 5 aromatic rings. The summed E-state index contributed by atoms with van der Waals surface area (Å²) in [6.45, 7) is 2.04. The van der Waals surface area contributed by atoms with Crippen LogP contribution in [0.5, 0.6) is 5.75 Å². The molecule has 172 valence electrons. The van der Waals surface area contributed by atoms with Crippen molar-refractivity contribution in [3.8, 4) is 45.1 Å². The highest BCUT2D eigenvalue weighted by Gasteiger charge is 2.29. The molecular weight excluding hydrogens is 436 g/mol. The molecule has 5 heteroatoms. The number of hydrogen-bond acceptors (Lipinski definition) is 4. The van der Waals surface area contributed by atoms with Crippen molar-refractivity contribution in [1.82, 2.24) is 9.78 Å². The van der Waals surface area contributed by atoms with Gasteiger partial charge in [0, 0.05) is 11.1 Å². The zero-order chi connectivity index (χ0) is 24.2. The van der Waals surface area contributed by atoms with Gasteiger partial charge in [-0.3, -0.25) is 0 Å². The van der Waals surface area contributed by atoms with E-state index in [1.54, 1.807) is 29.8 Å².